The van der Waals surface area contributed by atoms with Gasteiger partial charge in [0.05, 0.1) is 5.56 Å². The monoisotopic (exact) mass is 201 g/mol. The quantitative estimate of drug-likeness (QED) is 0.463. The number of benzene rings is 1. The van der Waals surface area contributed by atoms with Gasteiger partial charge in [0.15, 0.2) is 5.78 Å². The molecule has 0 amide bonds. The number of nitrogens with two attached hydrogens (primary N) is 1. The molecule has 0 aliphatic carbocycles. The molecule has 1 rings (SSSR count). The molecule has 4 heteroatoms. The highest BCUT2D eigenvalue weighted by Crippen LogP contribution is 2.17. The maximum absolute atomic E-state index is 13.1. The van der Waals surface area contributed by atoms with Crippen LogP contribution < -0.4 is 5.73 Å². The van der Waals surface area contributed by atoms with E-state index in [0.29, 0.717) is 0 Å². The van der Waals surface area contributed by atoms with Crippen molar-refractivity contribution in [3.63, 3.8) is 0 Å². The molecule has 0 aliphatic rings. The molecule has 0 saturated heterocycles. The van der Waals surface area contributed by atoms with E-state index in [4.69, 9.17) is 17.3 Å². The third-order valence-electron chi connectivity index (χ3n) is 1.65. The van der Waals surface area contributed by atoms with Crippen LogP contribution in [0.1, 0.15) is 16.8 Å². The summed E-state index contributed by atoms with van der Waals surface area (Å²) >= 11 is 5.37. The Balaban J connectivity index is 3.05. The molecule has 0 bridgehead atoms. The average Bonchev–Trinajstić information content (AvgIpc) is 2.04. The molecular weight excluding hydrogens is 193 g/mol. The van der Waals surface area contributed by atoms with Crippen LogP contribution in [0.15, 0.2) is 18.2 Å². The van der Waals surface area contributed by atoms with Gasteiger partial charge in [-0.25, -0.2) is 4.39 Å². The SMILES string of the molecule is Nc1cccc(F)c1C(=O)CCCl. The van der Waals surface area contributed by atoms with Crippen LogP contribution in [-0.4, -0.2) is 11.7 Å². The first-order chi connectivity index (χ1) is 6.16. The fourth-order valence-corrected chi connectivity index (χ4v) is 1.22. The molecule has 0 radical (unpaired) electrons. The van der Waals surface area contributed by atoms with E-state index in [2.05, 4.69) is 0 Å². The van der Waals surface area contributed by atoms with Gasteiger partial charge >= 0.3 is 0 Å². The fourth-order valence-electron chi connectivity index (χ4n) is 1.05. The Kier molecular flexibility index (Phi) is 3.25. The zero-order chi connectivity index (χ0) is 9.84. The van der Waals surface area contributed by atoms with Crippen molar-refractivity contribution < 1.29 is 9.18 Å². The molecular formula is C9H9ClFNO. The number of hydrogen-bond acceptors (Lipinski definition) is 2. The highest BCUT2D eigenvalue weighted by molar-refractivity contribution is 6.19. The summed E-state index contributed by atoms with van der Waals surface area (Å²) in [6.07, 6.45) is 0.104. The van der Waals surface area contributed by atoms with Gasteiger partial charge in [0.2, 0.25) is 0 Å². The first-order valence-corrected chi connectivity index (χ1v) is 4.33. The third kappa shape index (κ3) is 2.18. The number of hydrogen-bond donors (Lipinski definition) is 1. The van der Waals surface area contributed by atoms with E-state index in [-0.39, 0.29) is 29.3 Å². The van der Waals surface area contributed by atoms with Crippen molar-refractivity contribution in [1.82, 2.24) is 0 Å². The van der Waals surface area contributed by atoms with E-state index in [0.717, 1.165) is 0 Å². The van der Waals surface area contributed by atoms with E-state index in [1.54, 1.807) is 0 Å². The summed E-state index contributed by atoms with van der Waals surface area (Å²) in [6.45, 7) is 0. The molecule has 1 aromatic carbocycles. The van der Waals surface area contributed by atoms with Crippen molar-refractivity contribution in [3.05, 3.63) is 29.6 Å². The van der Waals surface area contributed by atoms with Crippen LogP contribution in [0.4, 0.5) is 10.1 Å². The number of carbonyl (C=O) groups is 1. The van der Waals surface area contributed by atoms with Gasteiger partial charge in [-0.1, -0.05) is 6.07 Å². The van der Waals surface area contributed by atoms with Gasteiger partial charge < -0.3 is 5.73 Å². The van der Waals surface area contributed by atoms with Crippen LogP contribution in [0.25, 0.3) is 0 Å². The van der Waals surface area contributed by atoms with Crippen LogP contribution in [-0.2, 0) is 0 Å². The van der Waals surface area contributed by atoms with Crippen molar-refractivity contribution in [3.8, 4) is 0 Å². The predicted molar refractivity (Wildman–Crippen MR) is 50.5 cm³/mol. The molecule has 0 aromatic heterocycles. The number of alkyl halides is 1. The molecule has 0 spiro atoms. The minimum absolute atomic E-state index is 0.0526. The second kappa shape index (κ2) is 4.23. The minimum atomic E-state index is -0.588. The Morgan fingerprint density at radius 3 is 2.77 bits per heavy atom. The number of Topliss-reactive ketones (excluding diaryl/α,β-unsaturated/α-hetero) is 1. The minimum Gasteiger partial charge on any atom is -0.398 e. The lowest BCUT2D eigenvalue weighted by Crippen LogP contribution is -2.07. The Morgan fingerprint density at radius 1 is 1.54 bits per heavy atom. The van der Waals surface area contributed by atoms with E-state index < -0.39 is 5.82 Å². The lowest BCUT2D eigenvalue weighted by atomic mass is 10.1. The normalized spacial score (nSPS) is 10.0. The molecule has 2 nitrogen and oxygen atoms in total. The van der Waals surface area contributed by atoms with Crippen molar-refractivity contribution in [2.24, 2.45) is 0 Å². The molecule has 0 heterocycles. The number of halogens is 2. The summed E-state index contributed by atoms with van der Waals surface area (Å²) < 4.78 is 13.1. The zero-order valence-electron chi connectivity index (χ0n) is 6.89. The second-order valence-electron chi connectivity index (χ2n) is 2.57. The molecule has 0 fully saturated rings. The molecule has 0 atom stereocenters. The number of rotatable bonds is 3. The first kappa shape index (κ1) is 9.99. The highest BCUT2D eigenvalue weighted by Gasteiger charge is 2.13. The van der Waals surface area contributed by atoms with Crippen molar-refractivity contribution in [2.75, 3.05) is 11.6 Å². The number of ketones is 1. The van der Waals surface area contributed by atoms with Crippen LogP contribution in [0.5, 0.6) is 0 Å². The highest BCUT2D eigenvalue weighted by atomic mass is 35.5. The molecule has 13 heavy (non-hydrogen) atoms. The molecule has 70 valence electrons. The molecule has 0 unspecified atom stereocenters. The lowest BCUT2D eigenvalue weighted by molar-refractivity contribution is 0.0986. The van der Waals surface area contributed by atoms with Gasteiger partial charge in [0, 0.05) is 18.0 Å². The molecule has 0 aliphatic heterocycles. The summed E-state index contributed by atoms with van der Waals surface area (Å²) in [5.74, 6) is -0.771. The lowest BCUT2D eigenvalue weighted by Gasteiger charge is -2.03. The van der Waals surface area contributed by atoms with E-state index in [9.17, 15) is 9.18 Å². The van der Waals surface area contributed by atoms with Gasteiger partial charge in [0.25, 0.3) is 0 Å². The number of carbonyl (C=O) groups excluding carboxylic acids is 1. The number of anilines is 1. The second-order valence-corrected chi connectivity index (χ2v) is 2.94. The number of nitrogen functional groups attached to an aromatic ring is 1. The first-order valence-electron chi connectivity index (χ1n) is 3.80. The van der Waals surface area contributed by atoms with Crippen LogP contribution >= 0.6 is 11.6 Å². The predicted octanol–water partition coefficient (Wildman–Crippen LogP) is 2.22. The Morgan fingerprint density at radius 2 is 2.23 bits per heavy atom. The topological polar surface area (TPSA) is 43.1 Å². The van der Waals surface area contributed by atoms with E-state index in [1.807, 2.05) is 0 Å². The Bertz CT molecular complexity index is 307. The summed E-state index contributed by atoms with van der Waals surface area (Å²) in [4.78, 5) is 11.3. The Labute approximate surface area is 80.5 Å². The van der Waals surface area contributed by atoms with Gasteiger partial charge in [0.1, 0.15) is 5.82 Å². The van der Waals surface area contributed by atoms with Gasteiger partial charge in [-0.15, -0.1) is 11.6 Å². The van der Waals surface area contributed by atoms with Crippen molar-refractivity contribution in [2.45, 2.75) is 6.42 Å². The van der Waals surface area contributed by atoms with Gasteiger partial charge in [-0.2, -0.15) is 0 Å². The van der Waals surface area contributed by atoms with Gasteiger partial charge in [-0.3, -0.25) is 4.79 Å². The van der Waals surface area contributed by atoms with Crippen molar-refractivity contribution in [1.29, 1.82) is 0 Å². The molecule has 0 saturated carbocycles. The summed E-state index contributed by atoms with van der Waals surface area (Å²) in [5.41, 5.74) is 5.56. The molecule has 1 aromatic rings. The zero-order valence-corrected chi connectivity index (χ0v) is 7.64. The third-order valence-corrected chi connectivity index (χ3v) is 1.84. The summed E-state index contributed by atoms with van der Waals surface area (Å²) in [6, 6.07) is 4.16. The van der Waals surface area contributed by atoms with Crippen molar-refractivity contribution >= 4 is 23.1 Å². The maximum Gasteiger partial charge on any atom is 0.169 e. The van der Waals surface area contributed by atoms with Crippen LogP contribution in [0.3, 0.4) is 0 Å². The van der Waals surface area contributed by atoms with Gasteiger partial charge in [-0.05, 0) is 12.1 Å². The Hall–Kier alpha value is -1.09. The van der Waals surface area contributed by atoms with Crippen LogP contribution in [0.2, 0.25) is 0 Å². The van der Waals surface area contributed by atoms with E-state index in [1.165, 1.54) is 18.2 Å². The standard InChI is InChI=1S/C9H9ClFNO/c10-5-4-8(13)9-6(11)2-1-3-7(9)12/h1-3H,4-5,12H2. The summed E-state index contributed by atoms with van der Waals surface area (Å²) in [5, 5.41) is 0. The smallest absolute Gasteiger partial charge is 0.169 e. The fraction of sp³-hybridized carbons (Fsp3) is 0.222. The maximum atomic E-state index is 13.1. The molecule has 2 N–H and O–H groups in total. The van der Waals surface area contributed by atoms with Crippen LogP contribution in [0, 0.1) is 5.82 Å². The summed E-state index contributed by atoms with van der Waals surface area (Å²) in [7, 11) is 0. The average molecular weight is 202 g/mol. The largest absolute Gasteiger partial charge is 0.398 e. The van der Waals surface area contributed by atoms with E-state index >= 15 is 0 Å².